The Morgan fingerprint density at radius 1 is 0.821 bits per heavy atom. The summed E-state index contributed by atoms with van der Waals surface area (Å²) in [4.78, 5) is 30.5. The lowest BCUT2D eigenvalue weighted by molar-refractivity contribution is 0.0979. The van der Waals surface area contributed by atoms with E-state index < -0.39 is 11.1 Å². The highest BCUT2D eigenvalue weighted by Crippen LogP contribution is 2.36. The zero-order chi connectivity index (χ0) is 20.7. The van der Waals surface area contributed by atoms with E-state index in [-0.39, 0.29) is 11.6 Å². The van der Waals surface area contributed by atoms with E-state index in [4.69, 9.17) is 11.5 Å². The molecule has 0 saturated heterocycles. The Morgan fingerprint density at radius 2 is 1.29 bits per heavy atom. The van der Waals surface area contributed by atoms with Gasteiger partial charge in [-0.25, -0.2) is 0 Å². The fourth-order valence-electron chi connectivity index (χ4n) is 3.06. The maximum absolute atomic E-state index is 13.2. The van der Waals surface area contributed by atoms with E-state index in [1.54, 1.807) is 18.2 Å². The summed E-state index contributed by atoms with van der Waals surface area (Å²) in [5.74, 6) is -0.439. The average molecular weight is 381 g/mol. The Balaban J connectivity index is 2.12. The van der Waals surface area contributed by atoms with Gasteiger partial charge < -0.3 is 22.1 Å². The highest BCUT2D eigenvalue weighted by Gasteiger charge is 2.34. The topological polar surface area (TPSA) is 123 Å². The van der Waals surface area contributed by atoms with Crippen LogP contribution in [0.1, 0.15) is 59.5 Å². The lowest BCUT2D eigenvalue weighted by atomic mass is 9.83. The highest BCUT2D eigenvalue weighted by molar-refractivity contribution is 6.31. The maximum atomic E-state index is 13.2. The molecule has 0 fully saturated rings. The van der Waals surface area contributed by atoms with Crippen molar-refractivity contribution in [2.24, 2.45) is 11.5 Å². The summed E-state index contributed by atoms with van der Waals surface area (Å²) in [6.07, 6.45) is 2.96. The highest BCUT2D eigenvalue weighted by atomic mass is 16.1. The van der Waals surface area contributed by atoms with Crippen LogP contribution < -0.4 is 22.1 Å². The van der Waals surface area contributed by atoms with Gasteiger partial charge in [0.15, 0.2) is 11.6 Å². The number of benzene rings is 1. The molecule has 0 saturated carbocycles. The molecule has 7 heteroatoms. The van der Waals surface area contributed by atoms with Gasteiger partial charge in [0.25, 0.3) is 0 Å². The lowest BCUT2D eigenvalue weighted by Crippen LogP contribution is -2.40. The summed E-state index contributed by atoms with van der Waals surface area (Å²) in [5, 5.41) is 6.45. The van der Waals surface area contributed by atoms with Crippen LogP contribution in [-0.4, -0.2) is 40.7 Å². The molecular formula is C21H27N5O2. The summed E-state index contributed by atoms with van der Waals surface area (Å²) in [5.41, 5.74) is 13.7. The second kappa shape index (κ2) is 7.00. The average Bonchev–Trinajstić information content (AvgIpc) is 2.61. The normalized spacial score (nSPS) is 13.8. The van der Waals surface area contributed by atoms with Crippen LogP contribution in [-0.2, 0) is 0 Å². The van der Waals surface area contributed by atoms with Crippen LogP contribution in [0.15, 0.2) is 30.6 Å². The van der Waals surface area contributed by atoms with E-state index >= 15 is 0 Å². The van der Waals surface area contributed by atoms with Crippen LogP contribution >= 0.6 is 0 Å². The molecule has 7 nitrogen and oxygen atoms in total. The molecule has 0 aliphatic heterocycles. The molecule has 0 unspecified atom stereocenters. The molecule has 1 aliphatic carbocycles. The number of anilines is 2. The first-order valence-electron chi connectivity index (χ1n) is 9.24. The fraction of sp³-hybridized carbons (Fsp3) is 0.381. The Hall–Kier alpha value is -2.77. The molecule has 28 heavy (non-hydrogen) atoms. The molecule has 148 valence electrons. The number of carbonyl (C=O) groups excluding carboxylic acids is 2. The second-order valence-electron chi connectivity index (χ2n) is 8.67. The van der Waals surface area contributed by atoms with Crippen molar-refractivity contribution in [2.75, 3.05) is 23.7 Å². The molecular weight excluding hydrogens is 354 g/mol. The Kier molecular flexibility index (Phi) is 4.99. The molecule has 0 amide bonds. The number of pyridine rings is 1. The third-order valence-electron chi connectivity index (χ3n) is 4.44. The van der Waals surface area contributed by atoms with Crippen molar-refractivity contribution in [3.05, 3.63) is 52.8 Å². The van der Waals surface area contributed by atoms with Crippen LogP contribution in [0.3, 0.4) is 0 Å². The molecule has 1 aliphatic rings. The number of hydrogen-bond acceptors (Lipinski definition) is 7. The predicted octanol–water partition coefficient (Wildman–Crippen LogP) is 2.16. The van der Waals surface area contributed by atoms with Gasteiger partial charge in [-0.15, -0.1) is 0 Å². The van der Waals surface area contributed by atoms with Crippen molar-refractivity contribution in [2.45, 2.75) is 38.8 Å². The zero-order valence-corrected chi connectivity index (χ0v) is 16.7. The summed E-state index contributed by atoms with van der Waals surface area (Å²) in [7, 11) is 0. The van der Waals surface area contributed by atoms with E-state index in [0.717, 1.165) is 0 Å². The van der Waals surface area contributed by atoms with Crippen LogP contribution in [0.2, 0.25) is 0 Å². The Labute approximate surface area is 164 Å². The molecule has 2 aromatic rings. The van der Waals surface area contributed by atoms with Crippen molar-refractivity contribution in [3.8, 4) is 0 Å². The van der Waals surface area contributed by atoms with Crippen LogP contribution in [0.5, 0.6) is 0 Å². The molecule has 0 radical (unpaired) electrons. The molecule has 0 atom stereocenters. The SMILES string of the molecule is CC(C)(N)CNc1ccc(NCC(C)(C)N)c2c1C(=O)c1ccncc1C2=O. The number of rotatable bonds is 6. The smallest absolute Gasteiger partial charge is 0.198 e. The van der Waals surface area contributed by atoms with Crippen molar-refractivity contribution in [3.63, 3.8) is 0 Å². The number of nitrogens with one attached hydrogen (secondary N) is 2. The molecule has 0 bridgehead atoms. The Morgan fingerprint density at radius 3 is 1.75 bits per heavy atom. The first-order valence-corrected chi connectivity index (χ1v) is 9.24. The molecule has 6 N–H and O–H groups in total. The third-order valence-corrected chi connectivity index (χ3v) is 4.44. The number of nitrogens with two attached hydrogens (primary N) is 2. The van der Waals surface area contributed by atoms with Crippen molar-refractivity contribution >= 4 is 22.9 Å². The molecule has 1 heterocycles. The van der Waals surface area contributed by atoms with Gasteiger partial charge in [-0.05, 0) is 45.9 Å². The number of fused-ring (bicyclic) bond motifs is 2. The van der Waals surface area contributed by atoms with Crippen molar-refractivity contribution < 1.29 is 9.59 Å². The minimum Gasteiger partial charge on any atom is -0.383 e. The van der Waals surface area contributed by atoms with Crippen molar-refractivity contribution in [1.82, 2.24) is 4.98 Å². The monoisotopic (exact) mass is 381 g/mol. The Bertz CT molecular complexity index is 863. The van der Waals surface area contributed by atoms with Crippen LogP contribution in [0, 0.1) is 0 Å². The van der Waals surface area contributed by atoms with Gasteiger partial charge in [0, 0.05) is 53.5 Å². The maximum Gasteiger partial charge on any atom is 0.198 e. The van der Waals surface area contributed by atoms with Crippen LogP contribution in [0.4, 0.5) is 11.4 Å². The fourth-order valence-corrected chi connectivity index (χ4v) is 3.06. The molecule has 1 aromatic carbocycles. The number of hydrogen-bond donors (Lipinski definition) is 4. The third kappa shape index (κ3) is 4.05. The van der Waals surface area contributed by atoms with Gasteiger partial charge in [-0.2, -0.15) is 0 Å². The van der Waals surface area contributed by atoms with E-state index in [1.807, 2.05) is 27.7 Å². The summed E-state index contributed by atoms with van der Waals surface area (Å²) < 4.78 is 0. The number of aromatic nitrogens is 1. The first-order chi connectivity index (χ1) is 13.0. The van der Waals surface area contributed by atoms with Crippen molar-refractivity contribution in [1.29, 1.82) is 0 Å². The summed E-state index contributed by atoms with van der Waals surface area (Å²) in [6, 6.07) is 5.18. The zero-order valence-electron chi connectivity index (χ0n) is 16.7. The minimum absolute atomic E-state index is 0.208. The van der Waals surface area contributed by atoms with Gasteiger partial charge >= 0.3 is 0 Å². The molecule has 0 spiro atoms. The number of ketones is 2. The van der Waals surface area contributed by atoms with Gasteiger partial charge in [0.1, 0.15) is 0 Å². The van der Waals surface area contributed by atoms with Gasteiger partial charge in [-0.1, -0.05) is 0 Å². The summed E-state index contributed by atoms with van der Waals surface area (Å²) in [6.45, 7) is 8.45. The molecule has 1 aromatic heterocycles. The predicted molar refractivity (Wildman–Crippen MR) is 111 cm³/mol. The number of nitrogens with zero attached hydrogens (tertiary/aromatic N) is 1. The second-order valence-corrected chi connectivity index (χ2v) is 8.67. The largest absolute Gasteiger partial charge is 0.383 e. The molecule has 3 rings (SSSR count). The minimum atomic E-state index is -0.478. The van der Waals surface area contributed by atoms with E-state index in [2.05, 4.69) is 15.6 Å². The van der Waals surface area contributed by atoms with Gasteiger partial charge in [0.05, 0.1) is 16.7 Å². The van der Waals surface area contributed by atoms with E-state index in [9.17, 15) is 9.59 Å². The first kappa shape index (κ1) is 20.0. The van der Waals surface area contributed by atoms with E-state index in [1.165, 1.54) is 12.4 Å². The quantitative estimate of drug-likeness (QED) is 0.516. The van der Waals surface area contributed by atoms with Crippen LogP contribution in [0.25, 0.3) is 0 Å². The summed E-state index contributed by atoms with van der Waals surface area (Å²) >= 11 is 0. The lowest BCUT2D eigenvalue weighted by Gasteiger charge is -2.27. The number of carbonyl (C=O) groups is 2. The van der Waals surface area contributed by atoms with E-state index in [0.29, 0.717) is 46.7 Å². The standard InChI is InChI=1S/C21H27N5O2/c1-20(2,22)10-25-14-5-6-15(26-11-21(3,4)23)17-16(14)18(27)12-7-8-24-9-13(12)19(17)28/h5-9,25-26H,10-11,22-23H2,1-4H3. The van der Waals surface area contributed by atoms with Gasteiger partial charge in [0.2, 0.25) is 0 Å². The van der Waals surface area contributed by atoms with Gasteiger partial charge in [-0.3, -0.25) is 14.6 Å².